The van der Waals surface area contributed by atoms with Gasteiger partial charge in [-0.1, -0.05) is 0 Å². The zero-order valence-electron chi connectivity index (χ0n) is 11.0. The zero-order valence-corrected chi connectivity index (χ0v) is 11.8. The molecule has 0 aromatic carbocycles. The highest BCUT2D eigenvalue weighted by molar-refractivity contribution is 7.12. The fourth-order valence-corrected chi connectivity index (χ4v) is 4.55. The summed E-state index contributed by atoms with van der Waals surface area (Å²) in [5.41, 5.74) is 3.15. The van der Waals surface area contributed by atoms with E-state index in [1.165, 1.54) is 22.6 Å². The van der Waals surface area contributed by atoms with E-state index in [2.05, 4.69) is 6.92 Å². The Balaban J connectivity index is 1.84. The summed E-state index contributed by atoms with van der Waals surface area (Å²) in [7, 11) is 0. The van der Waals surface area contributed by atoms with Crippen LogP contribution in [-0.4, -0.2) is 30.7 Å². The van der Waals surface area contributed by atoms with E-state index in [0.717, 1.165) is 19.5 Å². The van der Waals surface area contributed by atoms with Gasteiger partial charge in [-0.2, -0.15) is 0 Å². The summed E-state index contributed by atoms with van der Waals surface area (Å²) < 4.78 is 5.14. The van der Waals surface area contributed by atoms with E-state index in [9.17, 15) is 4.79 Å². The summed E-state index contributed by atoms with van der Waals surface area (Å²) in [6.45, 7) is 6.21. The number of ether oxygens (including phenoxy) is 1. The molecule has 4 heteroatoms. The summed E-state index contributed by atoms with van der Waals surface area (Å²) in [6.07, 6.45) is 3.25. The third-order valence-corrected chi connectivity index (χ3v) is 5.28. The highest BCUT2D eigenvalue weighted by atomic mass is 32.1. The Labute approximate surface area is 112 Å². The lowest BCUT2D eigenvalue weighted by atomic mass is 10.0. The lowest BCUT2D eigenvalue weighted by molar-refractivity contribution is 0.106. The molecular formula is C14H19NO2S. The molecule has 0 spiro atoms. The van der Waals surface area contributed by atoms with Gasteiger partial charge >= 0.3 is 6.09 Å². The van der Waals surface area contributed by atoms with Crippen LogP contribution < -0.4 is 0 Å². The maximum Gasteiger partial charge on any atom is 0.409 e. The number of rotatable bonds is 1. The number of nitrogens with zero attached hydrogens (tertiary/aromatic N) is 1. The van der Waals surface area contributed by atoms with E-state index in [-0.39, 0.29) is 6.09 Å². The Bertz CT molecular complexity index is 480. The van der Waals surface area contributed by atoms with E-state index < -0.39 is 0 Å². The predicted octanol–water partition coefficient (Wildman–Crippen LogP) is 3.10. The van der Waals surface area contributed by atoms with E-state index in [4.69, 9.17) is 4.74 Å². The number of carbonyl (C=O) groups is 1. The number of hydrogen-bond acceptors (Lipinski definition) is 3. The molecule has 1 unspecified atom stereocenters. The molecular weight excluding hydrogens is 246 g/mol. The summed E-state index contributed by atoms with van der Waals surface area (Å²) >= 11 is 1.93. The van der Waals surface area contributed by atoms with Crippen molar-refractivity contribution in [3.8, 4) is 0 Å². The molecule has 3 rings (SSSR count). The van der Waals surface area contributed by atoms with Gasteiger partial charge in [0.1, 0.15) is 0 Å². The second-order valence-corrected chi connectivity index (χ2v) is 6.41. The van der Waals surface area contributed by atoms with Crippen LogP contribution >= 0.6 is 11.3 Å². The van der Waals surface area contributed by atoms with Gasteiger partial charge in [0.05, 0.1) is 6.61 Å². The van der Waals surface area contributed by atoms with Gasteiger partial charge in [-0.05, 0) is 44.2 Å². The Kier molecular flexibility index (Phi) is 3.06. The molecule has 0 radical (unpaired) electrons. The second-order valence-electron chi connectivity index (χ2n) is 5.10. The van der Waals surface area contributed by atoms with Crippen LogP contribution in [0.25, 0.3) is 0 Å². The molecule has 1 atom stereocenters. The van der Waals surface area contributed by atoms with Gasteiger partial charge in [-0.25, -0.2) is 4.79 Å². The van der Waals surface area contributed by atoms with E-state index in [0.29, 0.717) is 12.5 Å². The number of aryl methyl sites for hydroxylation is 1. The minimum Gasteiger partial charge on any atom is -0.450 e. The standard InChI is InChI=1S/C14H19NO2S/c1-3-17-14(16)15-7-6-12-13-10(8-15)4-5-11(13)9(2)18-12/h10H,3-8H2,1-2H3. The van der Waals surface area contributed by atoms with E-state index in [1.54, 1.807) is 11.1 Å². The van der Waals surface area contributed by atoms with Crippen molar-refractivity contribution in [3.05, 3.63) is 20.9 Å². The van der Waals surface area contributed by atoms with Crippen LogP contribution in [0.5, 0.6) is 0 Å². The van der Waals surface area contributed by atoms with Gasteiger partial charge in [0.25, 0.3) is 0 Å². The first kappa shape index (κ1) is 12.0. The molecule has 1 aromatic rings. The Morgan fingerprint density at radius 1 is 1.50 bits per heavy atom. The minimum absolute atomic E-state index is 0.141. The molecule has 1 aliphatic carbocycles. The van der Waals surface area contributed by atoms with Gasteiger partial charge in [-0.15, -0.1) is 11.3 Å². The first-order valence-electron chi connectivity index (χ1n) is 6.73. The van der Waals surface area contributed by atoms with Gasteiger partial charge in [-0.3, -0.25) is 0 Å². The third-order valence-electron chi connectivity index (χ3n) is 4.05. The Hall–Kier alpha value is -1.03. The minimum atomic E-state index is -0.141. The molecule has 3 nitrogen and oxygen atoms in total. The van der Waals surface area contributed by atoms with Gasteiger partial charge in [0.15, 0.2) is 0 Å². The summed E-state index contributed by atoms with van der Waals surface area (Å²) in [6, 6.07) is 0. The number of carbonyl (C=O) groups excluding carboxylic acids is 1. The van der Waals surface area contributed by atoms with Crippen LogP contribution in [0.2, 0.25) is 0 Å². The zero-order chi connectivity index (χ0) is 12.7. The molecule has 1 amide bonds. The number of thiophene rings is 1. The second kappa shape index (κ2) is 4.57. The fraction of sp³-hybridized carbons (Fsp3) is 0.643. The monoisotopic (exact) mass is 265 g/mol. The molecule has 2 heterocycles. The maximum absolute atomic E-state index is 11.9. The van der Waals surface area contributed by atoms with E-state index in [1.807, 2.05) is 23.2 Å². The van der Waals surface area contributed by atoms with Crippen LogP contribution in [-0.2, 0) is 17.6 Å². The van der Waals surface area contributed by atoms with Crippen LogP contribution in [0.4, 0.5) is 4.79 Å². The van der Waals surface area contributed by atoms with Crippen molar-refractivity contribution < 1.29 is 9.53 Å². The van der Waals surface area contributed by atoms with Crippen LogP contribution in [0, 0.1) is 6.92 Å². The molecule has 1 aliphatic heterocycles. The van der Waals surface area contributed by atoms with Gasteiger partial charge in [0.2, 0.25) is 0 Å². The molecule has 0 fully saturated rings. The topological polar surface area (TPSA) is 29.5 Å². The average Bonchev–Trinajstić information content (AvgIpc) is 2.82. The Morgan fingerprint density at radius 3 is 3.11 bits per heavy atom. The summed E-state index contributed by atoms with van der Waals surface area (Å²) in [4.78, 5) is 16.8. The Morgan fingerprint density at radius 2 is 2.33 bits per heavy atom. The lowest BCUT2D eigenvalue weighted by Crippen LogP contribution is -2.34. The van der Waals surface area contributed by atoms with E-state index >= 15 is 0 Å². The normalized spacial score (nSPS) is 21.7. The van der Waals surface area contributed by atoms with Gasteiger partial charge < -0.3 is 9.64 Å². The van der Waals surface area contributed by atoms with Crippen molar-refractivity contribution in [2.24, 2.45) is 0 Å². The van der Waals surface area contributed by atoms with Crippen LogP contribution in [0.1, 0.15) is 40.1 Å². The SMILES string of the molecule is CCOC(=O)N1CCc2sc(C)c3c2C(CC3)C1. The molecule has 0 N–H and O–H groups in total. The molecule has 2 aliphatic rings. The molecule has 0 bridgehead atoms. The smallest absolute Gasteiger partial charge is 0.409 e. The number of hydrogen-bond donors (Lipinski definition) is 0. The van der Waals surface area contributed by atoms with Crippen molar-refractivity contribution in [1.29, 1.82) is 0 Å². The molecule has 18 heavy (non-hydrogen) atoms. The molecule has 0 saturated heterocycles. The quantitative estimate of drug-likeness (QED) is 0.781. The average molecular weight is 265 g/mol. The third kappa shape index (κ3) is 1.83. The largest absolute Gasteiger partial charge is 0.450 e. The van der Waals surface area contributed by atoms with Crippen LogP contribution in [0.3, 0.4) is 0 Å². The molecule has 98 valence electrons. The van der Waals surface area contributed by atoms with Crippen molar-refractivity contribution >= 4 is 17.4 Å². The highest BCUT2D eigenvalue weighted by Crippen LogP contribution is 2.44. The van der Waals surface area contributed by atoms with Gasteiger partial charge in [0, 0.05) is 28.8 Å². The number of amides is 1. The predicted molar refractivity (Wildman–Crippen MR) is 72.4 cm³/mol. The lowest BCUT2D eigenvalue weighted by Gasteiger charge is -2.22. The first-order valence-corrected chi connectivity index (χ1v) is 7.55. The summed E-state index contributed by atoms with van der Waals surface area (Å²) in [5.74, 6) is 0.548. The van der Waals surface area contributed by atoms with Crippen molar-refractivity contribution in [3.63, 3.8) is 0 Å². The maximum atomic E-state index is 11.9. The molecule has 1 aromatic heterocycles. The molecule has 0 saturated carbocycles. The highest BCUT2D eigenvalue weighted by Gasteiger charge is 2.34. The summed E-state index contributed by atoms with van der Waals surface area (Å²) in [5, 5.41) is 0. The fourth-order valence-electron chi connectivity index (χ4n) is 3.25. The van der Waals surface area contributed by atoms with Crippen molar-refractivity contribution in [1.82, 2.24) is 4.90 Å². The van der Waals surface area contributed by atoms with Crippen LogP contribution in [0.15, 0.2) is 0 Å². The first-order chi connectivity index (χ1) is 8.70. The van der Waals surface area contributed by atoms with Crippen molar-refractivity contribution in [2.45, 2.75) is 39.0 Å². The van der Waals surface area contributed by atoms with Crippen molar-refractivity contribution in [2.75, 3.05) is 19.7 Å².